The number of amides is 1. The van der Waals surface area contributed by atoms with Gasteiger partial charge in [0.15, 0.2) is 0 Å². The van der Waals surface area contributed by atoms with Gasteiger partial charge in [-0.2, -0.15) is 0 Å². The van der Waals surface area contributed by atoms with Crippen LogP contribution in [0.15, 0.2) is 36.7 Å². The molecule has 1 aromatic carbocycles. The maximum absolute atomic E-state index is 14.0. The quantitative estimate of drug-likeness (QED) is 0.710. The van der Waals surface area contributed by atoms with Crippen molar-refractivity contribution in [2.45, 2.75) is 13.0 Å². The predicted molar refractivity (Wildman–Crippen MR) is 108 cm³/mol. The standard InChI is InChI=1S/C21H26FN3O5/c1-2-29-21(28)25-5-3-24(4-6-25)13-19(27)14-30-20-9-15(7-17(22)10-20)16-8-18(26)12-23-11-16/h7-12,19,26-27H,2-6,13-14H2,1H3. The first kappa shape index (κ1) is 21.8. The van der Waals surface area contributed by atoms with Crippen molar-refractivity contribution in [3.05, 3.63) is 42.5 Å². The van der Waals surface area contributed by atoms with Gasteiger partial charge in [0.2, 0.25) is 0 Å². The highest BCUT2D eigenvalue weighted by Crippen LogP contribution is 2.27. The molecule has 1 amide bonds. The lowest BCUT2D eigenvalue weighted by molar-refractivity contribution is 0.0407. The number of benzene rings is 1. The molecule has 1 saturated heterocycles. The number of hydrogen-bond acceptors (Lipinski definition) is 7. The summed E-state index contributed by atoms with van der Waals surface area (Å²) in [6, 6.07) is 5.67. The topological polar surface area (TPSA) is 95.4 Å². The largest absolute Gasteiger partial charge is 0.506 e. The number of ether oxygens (including phenoxy) is 2. The molecular formula is C21H26FN3O5. The molecule has 0 saturated carbocycles. The minimum absolute atomic E-state index is 0.000721. The van der Waals surface area contributed by atoms with Crippen LogP contribution < -0.4 is 4.74 Å². The van der Waals surface area contributed by atoms with Gasteiger partial charge in [-0.25, -0.2) is 9.18 Å². The zero-order valence-electron chi connectivity index (χ0n) is 16.8. The number of nitrogens with zero attached hydrogens (tertiary/aromatic N) is 3. The van der Waals surface area contributed by atoms with Gasteiger partial charge >= 0.3 is 6.09 Å². The highest BCUT2D eigenvalue weighted by molar-refractivity contribution is 5.67. The van der Waals surface area contributed by atoms with Crippen LogP contribution in [0.4, 0.5) is 9.18 Å². The third-order valence-electron chi connectivity index (χ3n) is 4.74. The minimum atomic E-state index is -0.770. The van der Waals surface area contributed by atoms with Gasteiger partial charge in [0.05, 0.1) is 12.8 Å². The van der Waals surface area contributed by atoms with Crippen LogP contribution in [-0.2, 0) is 4.74 Å². The predicted octanol–water partition coefficient (Wildman–Crippen LogP) is 2.11. The Labute approximate surface area is 174 Å². The summed E-state index contributed by atoms with van der Waals surface area (Å²) in [6.45, 7) is 4.84. The van der Waals surface area contributed by atoms with Crippen molar-refractivity contribution in [2.24, 2.45) is 0 Å². The van der Waals surface area contributed by atoms with Gasteiger partial charge in [0, 0.05) is 50.6 Å². The SMILES string of the molecule is CCOC(=O)N1CCN(CC(O)COc2cc(F)cc(-c3cncc(O)c3)c2)CC1. The molecule has 1 unspecified atom stereocenters. The van der Waals surface area contributed by atoms with E-state index in [0.717, 1.165) is 0 Å². The molecule has 1 fully saturated rings. The smallest absolute Gasteiger partial charge is 0.409 e. The average Bonchev–Trinajstić information content (AvgIpc) is 2.72. The van der Waals surface area contributed by atoms with Crippen LogP contribution in [0.5, 0.6) is 11.5 Å². The number of hydrogen-bond donors (Lipinski definition) is 2. The Hall–Kier alpha value is -2.91. The van der Waals surface area contributed by atoms with Crippen molar-refractivity contribution in [1.29, 1.82) is 0 Å². The molecule has 8 nitrogen and oxygen atoms in total. The Morgan fingerprint density at radius 3 is 2.63 bits per heavy atom. The summed E-state index contributed by atoms with van der Waals surface area (Å²) in [6.07, 6.45) is 1.73. The molecule has 0 radical (unpaired) electrons. The molecule has 1 atom stereocenters. The van der Waals surface area contributed by atoms with Gasteiger partial charge in [-0.1, -0.05) is 0 Å². The van der Waals surface area contributed by atoms with E-state index in [0.29, 0.717) is 50.5 Å². The monoisotopic (exact) mass is 419 g/mol. The van der Waals surface area contributed by atoms with Crippen LogP contribution >= 0.6 is 0 Å². The van der Waals surface area contributed by atoms with E-state index in [4.69, 9.17) is 9.47 Å². The summed E-state index contributed by atoms with van der Waals surface area (Å²) < 4.78 is 24.6. The number of aliphatic hydroxyl groups excluding tert-OH is 1. The van der Waals surface area contributed by atoms with Crippen LogP contribution in [0.3, 0.4) is 0 Å². The van der Waals surface area contributed by atoms with E-state index < -0.39 is 11.9 Å². The average molecular weight is 419 g/mol. The van der Waals surface area contributed by atoms with Gasteiger partial charge in [-0.15, -0.1) is 0 Å². The third kappa shape index (κ3) is 6.04. The van der Waals surface area contributed by atoms with Crippen molar-refractivity contribution in [3.8, 4) is 22.6 Å². The molecule has 1 aliphatic rings. The fourth-order valence-electron chi connectivity index (χ4n) is 3.27. The summed E-state index contributed by atoms with van der Waals surface area (Å²) in [4.78, 5) is 19.3. The van der Waals surface area contributed by atoms with E-state index in [2.05, 4.69) is 4.98 Å². The van der Waals surface area contributed by atoms with E-state index in [1.807, 2.05) is 4.90 Å². The van der Waals surface area contributed by atoms with Gasteiger partial charge in [0.25, 0.3) is 0 Å². The van der Waals surface area contributed by atoms with Crippen molar-refractivity contribution < 1.29 is 28.9 Å². The maximum atomic E-state index is 14.0. The molecule has 0 spiro atoms. The molecule has 1 aliphatic heterocycles. The van der Waals surface area contributed by atoms with Gasteiger partial charge in [0.1, 0.15) is 30.0 Å². The summed E-state index contributed by atoms with van der Waals surface area (Å²) in [5.74, 6) is -0.229. The number of carbonyl (C=O) groups is 1. The van der Waals surface area contributed by atoms with E-state index in [-0.39, 0.29) is 24.2 Å². The van der Waals surface area contributed by atoms with Gasteiger partial charge in [-0.05, 0) is 30.7 Å². The molecule has 2 N–H and O–H groups in total. The third-order valence-corrected chi connectivity index (χ3v) is 4.74. The Kier molecular flexibility index (Phi) is 7.42. The van der Waals surface area contributed by atoms with Crippen molar-refractivity contribution in [1.82, 2.24) is 14.8 Å². The Morgan fingerprint density at radius 2 is 1.93 bits per heavy atom. The van der Waals surface area contributed by atoms with Crippen molar-refractivity contribution in [2.75, 3.05) is 45.9 Å². The van der Waals surface area contributed by atoms with E-state index >= 15 is 0 Å². The lowest BCUT2D eigenvalue weighted by Gasteiger charge is -2.34. The van der Waals surface area contributed by atoms with Gasteiger partial charge in [-0.3, -0.25) is 9.88 Å². The van der Waals surface area contributed by atoms with Crippen molar-refractivity contribution in [3.63, 3.8) is 0 Å². The Balaban J connectivity index is 1.50. The first-order chi connectivity index (χ1) is 14.4. The zero-order valence-corrected chi connectivity index (χ0v) is 16.8. The minimum Gasteiger partial charge on any atom is -0.506 e. The summed E-state index contributed by atoms with van der Waals surface area (Å²) >= 11 is 0. The molecule has 9 heteroatoms. The van der Waals surface area contributed by atoms with Crippen LogP contribution in [0, 0.1) is 5.82 Å². The summed E-state index contributed by atoms with van der Waals surface area (Å²) in [5, 5.41) is 19.9. The van der Waals surface area contributed by atoms with Crippen molar-refractivity contribution >= 4 is 6.09 Å². The number of rotatable bonds is 7. The molecule has 1 aromatic heterocycles. The first-order valence-corrected chi connectivity index (χ1v) is 9.84. The van der Waals surface area contributed by atoms with Crippen LogP contribution in [0.1, 0.15) is 6.92 Å². The molecule has 30 heavy (non-hydrogen) atoms. The van der Waals surface area contributed by atoms with E-state index in [1.165, 1.54) is 30.6 Å². The zero-order chi connectivity index (χ0) is 21.5. The molecule has 2 aromatic rings. The highest BCUT2D eigenvalue weighted by Gasteiger charge is 2.23. The number of pyridine rings is 1. The lowest BCUT2D eigenvalue weighted by atomic mass is 10.1. The number of aliphatic hydroxyl groups is 1. The Morgan fingerprint density at radius 1 is 1.17 bits per heavy atom. The molecule has 0 bridgehead atoms. The summed E-state index contributed by atoms with van der Waals surface area (Å²) in [5.41, 5.74) is 1.07. The fraction of sp³-hybridized carbons (Fsp3) is 0.429. The lowest BCUT2D eigenvalue weighted by Crippen LogP contribution is -2.51. The van der Waals surface area contributed by atoms with Crippen LogP contribution in [-0.4, -0.2) is 83.1 Å². The number of piperazine rings is 1. The van der Waals surface area contributed by atoms with Gasteiger partial charge < -0.3 is 24.6 Å². The second-order valence-electron chi connectivity index (χ2n) is 7.06. The van der Waals surface area contributed by atoms with Crippen LogP contribution in [0.25, 0.3) is 11.1 Å². The number of aromatic nitrogens is 1. The second kappa shape index (κ2) is 10.2. The number of carbonyl (C=O) groups excluding carboxylic acids is 1. The fourth-order valence-corrected chi connectivity index (χ4v) is 3.27. The normalized spacial score (nSPS) is 15.6. The number of β-amino-alcohol motifs (C(OH)–C–C–N with tert-alkyl or cyclic N) is 1. The van der Waals surface area contributed by atoms with E-state index in [9.17, 15) is 19.4 Å². The van der Waals surface area contributed by atoms with E-state index in [1.54, 1.807) is 17.9 Å². The number of aromatic hydroxyl groups is 1. The maximum Gasteiger partial charge on any atom is 0.409 e. The number of halogens is 1. The summed E-state index contributed by atoms with van der Waals surface area (Å²) in [7, 11) is 0. The second-order valence-corrected chi connectivity index (χ2v) is 7.06. The molecule has 162 valence electrons. The molecule has 2 heterocycles. The molecular weight excluding hydrogens is 393 g/mol. The first-order valence-electron chi connectivity index (χ1n) is 9.84. The molecule has 0 aliphatic carbocycles. The Bertz CT molecular complexity index is 858. The molecule has 3 rings (SSSR count). The highest BCUT2D eigenvalue weighted by atomic mass is 19.1. The van der Waals surface area contributed by atoms with Crippen LogP contribution in [0.2, 0.25) is 0 Å².